The third kappa shape index (κ3) is 2.22. The van der Waals surface area contributed by atoms with E-state index in [0.717, 1.165) is 23.5 Å². The molecular formula is C15H14FN5. The van der Waals surface area contributed by atoms with Gasteiger partial charge >= 0.3 is 0 Å². The van der Waals surface area contributed by atoms with Gasteiger partial charge in [0.05, 0.1) is 0 Å². The van der Waals surface area contributed by atoms with Crippen LogP contribution in [0, 0.1) is 12.7 Å². The third-order valence-electron chi connectivity index (χ3n) is 3.80. The molecule has 1 aromatic carbocycles. The van der Waals surface area contributed by atoms with Gasteiger partial charge in [0, 0.05) is 23.7 Å². The first-order valence-electron chi connectivity index (χ1n) is 6.90. The number of anilines is 1. The van der Waals surface area contributed by atoms with E-state index in [4.69, 9.17) is 0 Å². The first-order valence-corrected chi connectivity index (χ1v) is 6.90. The van der Waals surface area contributed by atoms with Gasteiger partial charge in [0.1, 0.15) is 18.0 Å². The number of benzene rings is 1. The molecule has 1 N–H and O–H groups in total. The molecule has 3 aromatic rings. The van der Waals surface area contributed by atoms with Crippen molar-refractivity contribution in [3.05, 3.63) is 53.7 Å². The summed E-state index contributed by atoms with van der Waals surface area (Å²) in [6.45, 7) is 1.93. The second kappa shape index (κ2) is 4.51. The largest absolute Gasteiger partial charge is 0.366 e. The number of fused-ring (bicyclic) bond motifs is 1. The van der Waals surface area contributed by atoms with Crippen LogP contribution in [-0.4, -0.2) is 25.6 Å². The highest BCUT2D eigenvalue weighted by Crippen LogP contribution is 2.42. The molecular weight excluding hydrogens is 269 g/mol. The maximum atomic E-state index is 13.0. The van der Waals surface area contributed by atoms with E-state index in [1.54, 1.807) is 4.52 Å². The molecule has 0 bridgehead atoms. The Morgan fingerprint density at radius 3 is 2.90 bits per heavy atom. The molecule has 0 radical (unpaired) electrons. The van der Waals surface area contributed by atoms with E-state index < -0.39 is 0 Å². The summed E-state index contributed by atoms with van der Waals surface area (Å²) in [6.07, 6.45) is 2.53. The van der Waals surface area contributed by atoms with E-state index >= 15 is 0 Å². The Hall–Kier alpha value is -2.50. The molecule has 2 aromatic heterocycles. The number of nitrogens with one attached hydrogen (secondary N) is 1. The molecule has 2 atom stereocenters. The number of aryl methyl sites for hydroxylation is 1. The van der Waals surface area contributed by atoms with E-state index in [0.29, 0.717) is 17.7 Å². The molecule has 0 unspecified atom stereocenters. The molecule has 0 amide bonds. The Kier molecular flexibility index (Phi) is 2.63. The third-order valence-corrected chi connectivity index (χ3v) is 3.80. The van der Waals surface area contributed by atoms with Gasteiger partial charge in [-0.15, -0.1) is 0 Å². The fourth-order valence-electron chi connectivity index (χ4n) is 2.66. The highest BCUT2D eigenvalue weighted by Gasteiger charge is 2.38. The zero-order valence-corrected chi connectivity index (χ0v) is 11.5. The lowest BCUT2D eigenvalue weighted by Crippen LogP contribution is -2.10. The monoisotopic (exact) mass is 283 g/mol. The average Bonchev–Trinajstić information content (AvgIpc) is 3.05. The van der Waals surface area contributed by atoms with E-state index in [1.165, 1.54) is 18.5 Å². The van der Waals surface area contributed by atoms with Crippen LogP contribution in [0.25, 0.3) is 5.78 Å². The van der Waals surface area contributed by atoms with Crippen LogP contribution in [0.4, 0.5) is 10.2 Å². The van der Waals surface area contributed by atoms with Gasteiger partial charge in [-0.25, -0.2) is 9.37 Å². The number of halogens is 1. The minimum atomic E-state index is -0.196. The summed E-state index contributed by atoms with van der Waals surface area (Å²) in [6, 6.07) is 9.02. The van der Waals surface area contributed by atoms with Crippen molar-refractivity contribution in [2.75, 3.05) is 5.32 Å². The molecule has 4 rings (SSSR count). The van der Waals surface area contributed by atoms with E-state index in [9.17, 15) is 4.39 Å². The first-order chi connectivity index (χ1) is 10.2. The molecule has 1 fully saturated rings. The number of rotatable bonds is 3. The predicted octanol–water partition coefficient (Wildman–Crippen LogP) is 2.54. The molecule has 1 aliphatic rings. The van der Waals surface area contributed by atoms with Crippen molar-refractivity contribution in [3.8, 4) is 0 Å². The molecule has 106 valence electrons. The zero-order valence-electron chi connectivity index (χ0n) is 11.5. The van der Waals surface area contributed by atoms with Crippen LogP contribution >= 0.6 is 0 Å². The summed E-state index contributed by atoms with van der Waals surface area (Å²) in [5.41, 5.74) is 2.06. The second-order valence-corrected chi connectivity index (χ2v) is 5.40. The fraction of sp³-hybridized carbons (Fsp3) is 0.267. The van der Waals surface area contributed by atoms with Crippen molar-refractivity contribution in [2.24, 2.45) is 0 Å². The van der Waals surface area contributed by atoms with Crippen molar-refractivity contribution in [1.29, 1.82) is 0 Å². The summed E-state index contributed by atoms with van der Waals surface area (Å²) < 4.78 is 14.7. The van der Waals surface area contributed by atoms with Gasteiger partial charge in [-0.05, 0) is 31.0 Å². The molecule has 5 nitrogen and oxygen atoms in total. The van der Waals surface area contributed by atoms with Gasteiger partial charge in [-0.3, -0.25) is 0 Å². The van der Waals surface area contributed by atoms with Gasteiger partial charge in [0.15, 0.2) is 0 Å². The Balaban J connectivity index is 1.57. The van der Waals surface area contributed by atoms with E-state index in [1.807, 2.05) is 25.1 Å². The summed E-state index contributed by atoms with van der Waals surface area (Å²) in [4.78, 5) is 8.43. The standard InChI is InChI=1S/C15H14FN5/c1-9-6-14(21-15(19-9)17-8-18-21)20-13-7-12(13)10-2-4-11(16)5-3-10/h2-6,8,12-13,20H,7H2,1H3/t12-,13+/m0/s1. The molecule has 2 heterocycles. The average molecular weight is 283 g/mol. The van der Waals surface area contributed by atoms with Crippen molar-refractivity contribution >= 4 is 11.6 Å². The summed E-state index contributed by atoms with van der Waals surface area (Å²) in [5, 5.41) is 7.66. The summed E-state index contributed by atoms with van der Waals surface area (Å²) in [5.74, 6) is 1.71. The van der Waals surface area contributed by atoms with Crippen LogP contribution in [0.5, 0.6) is 0 Å². The van der Waals surface area contributed by atoms with Gasteiger partial charge < -0.3 is 5.32 Å². The normalized spacial score (nSPS) is 20.7. The molecule has 21 heavy (non-hydrogen) atoms. The van der Waals surface area contributed by atoms with Crippen LogP contribution in [0.1, 0.15) is 23.6 Å². The number of nitrogens with zero attached hydrogens (tertiary/aromatic N) is 4. The predicted molar refractivity (Wildman–Crippen MR) is 76.7 cm³/mol. The highest BCUT2D eigenvalue weighted by molar-refractivity contribution is 5.48. The lowest BCUT2D eigenvalue weighted by Gasteiger charge is -2.08. The highest BCUT2D eigenvalue weighted by atomic mass is 19.1. The van der Waals surface area contributed by atoms with Crippen molar-refractivity contribution in [2.45, 2.75) is 25.3 Å². The van der Waals surface area contributed by atoms with Crippen molar-refractivity contribution in [3.63, 3.8) is 0 Å². The van der Waals surface area contributed by atoms with Crippen LogP contribution < -0.4 is 5.32 Å². The Morgan fingerprint density at radius 2 is 2.10 bits per heavy atom. The lowest BCUT2D eigenvalue weighted by molar-refractivity contribution is 0.627. The topological polar surface area (TPSA) is 55.1 Å². The molecule has 0 spiro atoms. The van der Waals surface area contributed by atoms with Crippen LogP contribution in [0.15, 0.2) is 36.7 Å². The maximum absolute atomic E-state index is 13.0. The first kappa shape index (κ1) is 12.3. The van der Waals surface area contributed by atoms with Gasteiger partial charge in [-0.2, -0.15) is 14.6 Å². The summed E-state index contributed by atoms with van der Waals surface area (Å²) in [7, 11) is 0. The molecule has 0 aliphatic heterocycles. The minimum absolute atomic E-state index is 0.196. The fourth-order valence-corrected chi connectivity index (χ4v) is 2.66. The van der Waals surface area contributed by atoms with Gasteiger partial charge in [0.2, 0.25) is 0 Å². The number of hydrogen-bond acceptors (Lipinski definition) is 4. The SMILES string of the molecule is Cc1cc(N[C@@H]2C[C@H]2c2ccc(F)cc2)n2ncnc2n1. The molecule has 6 heteroatoms. The van der Waals surface area contributed by atoms with Crippen LogP contribution in [0.3, 0.4) is 0 Å². The molecule has 1 aliphatic carbocycles. The van der Waals surface area contributed by atoms with Gasteiger partial charge in [0.25, 0.3) is 5.78 Å². The number of hydrogen-bond donors (Lipinski definition) is 1. The maximum Gasteiger partial charge on any atom is 0.254 e. The molecule has 1 saturated carbocycles. The van der Waals surface area contributed by atoms with Crippen LogP contribution in [0.2, 0.25) is 0 Å². The van der Waals surface area contributed by atoms with E-state index in [2.05, 4.69) is 20.4 Å². The Morgan fingerprint density at radius 1 is 1.29 bits per heavy atom. The lowest BCUT2D eigenvalue weighted by atomic mass is 10.1. The second-order valence-electron chi connectivity index (χ2n) is 5.40. The molecule has 0 saturated heterocycles. The quantitative estimate of drug-likeness (QED) is 0.802. The Bertz CT molecular complexity index is 795. The number of aromatic nitrogens is 4. The summed E-state index contributed by atoms with van der Waals surface area (Å²) >= 11 is 0. The van der Waals surface area contributed by atoms with Crippen LogP contribution in [-0.2, 0) is 0 Å². The zero-order chi connectivity index (χ0) is 14.4. The van der Waals surface area contributed by atoms with Crippen molar-refractivity contribution < 1.29 is 4.39 Å². The van der Waals surface area contributed by atoms with Gasteiger partial charge in [-0.1, -0.05) is 12.1 Å². The van der Waals surface area contributed by atoms with E-state index in [-0.39, 0.29) is 5.82 Å². The smallest absolute Gasteiger partial charge is 0.254 e. The Labute approximate surface area is 120 Å². The minimum Gasteiger partial charge on any atom is -0.366 e. The van der Waals surface area contributed by atoms with Crippen molar-refractivity contribution in [1.82, 2.24) is 19.6 Å².